The first-order valence-electron chi connectivity index (χ1n) is 21.5. The van der Waals surface area contributed by atoms with Crippen LogP contribution in [0.3, 0.4) is 0 Å². The lowest BCUT2D eigenvalue weighted by Crippen LogP contribution is -2.63. The minimum atomic E-state index is -0.645. The molecule has 5 fully saturated rings. The first kappa shape index (κ1) is 43.9. The van der Waals surface area contributed by atoms with Crippen molar-refractivity contribution < 1.29 is 28.8 Å². The summed E-state index contributed by atoms with van der Waals surface area (Å²) in [5.74, 6) is 0.0127. The average molecular weight is 785 g/mol. The van der Waals surface area contributed by atoms with E-state index in [0.717, 1.165) is 25.7 Å². The number of hydrogen-bond donors (Lipinski definition) is 4. The molecule has 0 aromatic carbocycles. The first-order chi connectivity index (χ1) is 26.3. The van der Waals surface area contributed by atoms with Crippen LogP contribution in [-0.2, 0) is 28.8 Å². The fourth-order valence-corrected chi connectivity index (χ4v) is 9.54. The van der Waals surface area contributed by atoms with E-state index in [4.69, 9.17) is 11.5 Å². The largest absolute Gasteiger partial charge is 0.370 e. The van der Waals surface area contributed by atoms with Crippen molar-refractivity contribution in [1.82, 2.24) is 30.2 Å². The van der Waals surface area contributed by atoms with Crippen molar-refractivity contribution in [2.75, 3.05) is 52.4 Å². The predicted molar refractivity (Wildman–Crippen MR) is 214 cm³/mol. The normalized spacial score (nSPS) is 25.2. The monoisotopic (exact) mass is 785 g/mol. The Morgan fingerprint density at radius 2 is 1.07 bits per heavy atom. The molecule has 5 atom stereocenters. The molecule has 14 nitrogen and oxygen atoms in total. The van der Waals surface area contributed by atoms with Gasteiger partial charge in [-0.2, -0.15) is 0 Å². The number of nitrogens with two attached hydrogens (primary N) is 2. The summed E-state index contributed by atoms with van der Waals surface area (Å²) in [5, 5.41) is 6.89. The lowest BCUT2D eigenvalue weighted by Gasteiger charge is -2.45. The van der Waals surface area contributed by atoms with E-state index in [1.54, 1.807) is 0 Å². The maximum absolute atomic E-state index is 14.5. The topological polar surface area (TPSA) is 191 Å². The highest BCUT2D eigenvalue weighted by Crippen LogP contribution is 2.39. The summed E-state index contributed by atoms with van der Waals surface area (Å²) < 4.78 is 0. The molecule has 1 saturated carbocycles. The smallest absolute Gasteiger partial charge is 0.245 e. The standard InChI is InChI=1S/C42H72N8O6/c1-27(21-33(39(55)47-15-9-29(10-16-47)23-35(43)51)49-19-13-45-31(37(49)53)25-41(2,3)4)42(5,6)26-32-38(54)50(20-14-46-32)34(22-28-7-8-28)40(56)48-17-11-30(12-18-48)24-36(44)52/h27-34,45-46H,7-26H2,1-6H3,(H2,43,51)(H2,44,52)/t27?,31-,32-,33-,34-/m0/s1. The third-order valence-corrected chi connectivity index (χ3v) is 13.5. The molecule has 14 heteroatoms. The van der Waals surface area contributed by atoms with Gasteiger partial charge in [0, 0.05) is 65.2 Å². The fourth-order valence-electron chi connectivity index (χ4n) is 9.54. The minimum absolute atomic E-state index is 0.0153. The summed E-state index contributed by atoms with van der Waals surface area (Å²) in [5.41, 5.74) is 10.5. The Morgan fingerprint density at radius 1 is 0.643 bits per heavy atom. The number of amides is 6. The van der Waals surface area contributed by atoms with Crippen LogP contribution in [0, 0.1) is 34.5 Å². The molecular formula is C42H72N8O6. The van der Waals surface area contributed by atoms with Crippen LogP contribution in [0.25, 0.3) is 0 Å². The molecule has 5 aliphatic rings. The van der Waals surface area contributed by atoms with E-state index in [-0.39, 0.29) is 64.7 Å². The zero-order valence-corrected chi connectivity index (χ0v) is 35.2. The number of piperidine rings is 2. The van der Waals surface area contributed by atoms with E-state index in [9.17, 15) is 28.8 Å². The van der Waals surface area contributed by atoms with Gasteiger partial charge in [0.15, 0.2) is 0 Å². The quantitative estimate of drug-likeness (QED) is 0.183. The molecule has 316 valence electrons. The van der Waals surface area contributed by atoms with Crippen molar-refractivity contribution in [2.24, 2.45) is 46.0 Å². The molecule has 56 heavy (non-hydrogen) atoms. The Hall–Kier alpha value is -3.26. The number of primary amides is 2. The number of nitrogens with one attached hydrogen (secondary N) is 2. The molecule has 0 bridgehead atoms. The number of nitrogens with zero attached hydrogens (tertiary/aromatic N) is 4. The van der Waals surface area contributed by atoms with Gasteiger partial charge in [-0.25, -0.2) is 0 Å². The third kappa shape index (κ3) is 11.7. The second kappa shape index (κ2) is 18.6. The Kier molecular flexibility index (Phi) is 14.5. The molecule has 5 rings (SSSR count). The SMILES string of the molecule is CC(C[C@@H](C(=O)N1CCC(CC(N)=O)CC1)N1CCN[C@@H](CC(C)(C)C)C1=O)C(C)(C)C[C@@H]1NCCN([C@@H](CC2CC2)C(=O)N2CCC(CC(N)=O)CC2)C1=O. The highest BCUT2D eigenvalue weighted by atomic mass is 16.2. The van der Waals surface area contributed by atoms with E-state index in [0.29, 0.717) is 110 Å². The van der Waals surface area contributed by atoms with Crippen LogP contribution in [0.2, 0.25) is 0 Å². The van der Waals surface area contributed by atoms with Crippen LogP contribution in [-0.4, -0.2) is 132 Å². The Balaban J connectivity index is 1.29. The lowest BCUT2D eigenvalue weighted by atomic mass is 9.71. The van der Waals surface area contributed by atoms with Crippen molar-refractivity contribution in [1.29, 1.82) is 0 Å². The summed E-state index contributed by atoms with van der Waals surface area (Å²) in [4.78, 5) is 87.7. The van der Waals surface area contributed by atoms with Gasteiger partial charge in [0.1, 0.15) is 12.1 Å². The minimum Gasteiger partial charge on any atom is -0.370 e. The summed E-state index contributed by atoms with van der Waals surface area (Å²) in [6.45, 7) is 17.1. The molecule has 0 radical (unpaired) electrons. The van der Waals surface area contributed by atoms with Crippen LogP contribution < -0.4 is 22.1 Å². The molecule has 0 aromatic heterocycles. The Bertz CT molecular complexity index is 1430. The molecule has 4 aliphatic heterocycles. The van der Waals surface area contributed by atoms with Gasteiger partial charge >= 0.3 is 0 Å². The molecule has 1 unspecified atom stereocenters. The van der Waals surface area contributed by atoms with E-state index in [1.165, 1.54) is 0 Å². The highest BCUT2D eigenvalue weighted by Gasteiger charge is 2.46. The van der Waals surface area contributed by atoms with Crippen LogP contribution in [0.1, 0.15) is 119 Å². The van der Waals surface area contributed by atoms with Crippen molar-refractivity contribution in [2.45, 2.75) is 143 Å². The van der Waals surface area contributed by atoms with Gasteiger partial charge in [-0.1, -0.05) is 54.4 Å². The van der Waals surface area contributed by atoms with Crippen molar-refractivity contribution >= 4 is 35.4 Å². The van der Waals surface area contributed by atoms with Crippen molar-refractivity contribution in [3.8, 4) is 0 Å². The zero-order valence-electron chi connectivity index (χ0n) is 35.2. The molecule has 6 N–H and O–H groups in total. The van der Waals surface area contributed by atoms with E-state index < -0.39 is 23.5 Å². The van der Waals surface area contributed by atoms with E-state index in [2.05, 4.69) is 52.2 Å². The first-order valence-corrected chi connectivity index (χ1v) is 21.5. The number of piperazine rings is 2. The lowest BCUT2D eigenvalue weighted by molar-refractivity contribution is -0.152. The Labute approximate surface area is 334 Å². The molecule has 6 amide bonds. The zero-order chi connectivity index (χ0) is 40.9. The van der Waals surface area contributed by atoms with E-state index in [1.807, 2.05) is 19.6 Å². The summed E-state index contributed by atoms with van der Waals surface area (Å²) in [6, 6.07) is -1.99. The van der Waals surface area contributed by atoms with Gasteiger partial charge < -0.3 is 41.7 Å². The summed E-state index contributed by atoms with van der Waals surface area (Å²) >= 11 is 0. The van der Waals surface area contributed by atoms with Gasteiger partial charge in [0.2, 0.25) is 35.4 Å². The predicted octanol–water partition coefficient (Wildman–Crippen LogP) is 2.23. The van der Waals surface area contributed by atoms with Crippen molar-refractivity contribution in [3.63, 3.8) is 0 Å². The van der Waals surface area contributed by atoms with Crippen LogP contribution in [0.5, 0.6) is 0 Å². The van der Waals surface area contributed by atoms with Gasteiger partial charge in [-0.3, -0.25) is 28.8 Å². The molecule has 0 aromatic rings. The maximum atomic E-state index is 14.5. The van der Waals surface area contributed by atoms with Gasteiger partial charge in [-0.05, 0) is 85.9 Å². The molecule has 1 aliphatic carbocycles. The molecule has 4 heterocycles. The highest BCUT2D eigenvalue weighted by molar-refractivity contribution is 5.91. The third-order valence-electron chi connectivity index (χ3n) is 13.5. The number of hydrogen-bond acceptors (Lipinski definition) is 8. The number of carbonyl (C=O) groups excluding carboxylic acids is 6. The van der Waals surface area contributed by atoms with Crippen LogP contribution in [0.4, 0.5) is 0 Å². The van der Waals surface area contributed by atoms with Crippen molar-refractivity contribution in [3.05, 3.63) is 0 Å². The number of likely N-dealkylation sites (tertiary alicyclic amines) is 2. The molecular weight excluding hydrogens is 713 g/mol. The number of rotatable bonds is 16. The van der Waals surface area contributed by atoms with Gasteiger partial charge in [0.05, 0.1) is 12.1 Å². The second-order valence-corrected chi connectivity index (χ2v) is 19.8. The van der Waals surface area contributed by atoms with Gasteiger partial charge in [0.25, 0.3) is 0 Å². The molecule has 4 saturated heterocycles. The fraction of sp³-hybridized carbons (Fsp3) is 0.857. The summed E-state index contributed by atoms with van der Waals surface area (Å²) in [6.07, 6.45) is 8.02. The van der Waals surface area contributed by atoms with Crippen LogP contribution >= 0.6 is 0 Å². The average Bonchev–Trinajstić information content (AvgIpc) is 3.95. The second-order valence-electron chi connectivity index (χ2n) is 19.8. The van der Waals surface area contributed by atoms with E-state index >= 15 is 0 Å². The maximum Gasteiger partial charge on any atom is 0.245 e. The molecule has 0 spiro atoms. The van der Waals surface area contributed by atoms with Crippen LogP contribution in [0.15, 0.2) is 0 Å². The van der Waals surface area contributed by atoms with Gasteiger partial charge in [-0.15, -0.1) is 0 Å². The summed E-state index contributed by atoms with van der Waals surface area (Å²) in [7, 11) is 0. The number of carbonyl (C=O) groups is 6. The Morgan fingerprint density at radius 3 is 1.50 bits per heavy atom.